The molecule has 0 aliphatic rings. The summed E-state index contributed by atoms with van der Waals surface area (Å²) >= 11 is 0. The summed E-state index contributed by atoms with van der Waals surface area (Å²) < 4.78 is 10.5. The highest BCUT2D eigenvalue weighted by molar-refractivity contribution is 5.96. The lowest BCUT2D eigenvalue weighted by Crippen LogP contribution is -2.45. The maximum absolute atomic E-state index is 12.1. The maximum atomic E-state index is 12.1. The number of hydrogen-bond acceptors (Lipinski definition) is 5. The van der Waals surface area contributed by atoms with Gasteiger partial charge in [0.25, 0.3) is 0 Å². The van der Waals surface area contributed by atoms with Gasteiger partial charge in [0.1, 0.15) is 11.6 Å². The van der Waals surface area contributed by atoms with Gasteiger partial charge >= 0.3 is 5.63 Å². The third-order valence-corrected chi connectivity index (χ3v) is 4.69. The first-order valence-corrected chi connectivity index (χ1v) is 8.57. The number of carbonyl (C=O) groups excluding carboxylic acids is 1. The Morgan fingerprint density at radius 3 is 2.59 bits per heavy atom. The van der Waals surface area contributed by atoms with Crippen LogP contribution >= 0.6 is 0 Å². The molecule has 0 radical (unpaired) electrons. The summed E-state index contributed by atoms with van der Waals surface area (Å²) in [5.41, 5.74) is 9.07. The van der Waals surface area contributed by atoms with E-state index in [0.29, 0.717) is 11.3 Å². The van der Waals surface area contributed by atoms with Gasteiger partial charge in [-0.2, -0.15) is 0 Å². The Morgan fingerprint density at radius 2 is 1.93 bits per heavy atom. The number of anilines is 1. The topological polar surface area (TPSA) is 85.8 Å². The Hall–Kier alpha value is -3.12. The van der Waals surface area contributed by atoms with Gasteiger partial charge in [-0.25, -0.2) is 4.79 Å². The zero-order valence-corrected chi connectivity index (χ0v) is 15.6. The average Bonchev–Trinajstić information content (AvgIpc) is 2.64. The van der Waals surface area contributed by atoms with Crippen LogP contribution in [0.3, 0.4) is 0 Å². The fraction of sp³-hybridized carbons (Fsp3) is 0.238. The van der Waals surface area contributed by atoms with Crippen LogP contribution in [0.15, 0.2) is 57.7 Å². The molecule has 0 fully saturated rings. The normalized spacial score (nSPS) is 12.1. The average molecular weight is 366 g/mol. The first-order valence-electron chi connectivity index (χ1n) is 8.57. The fourth-order valence-electron chi connectivity index (χ4n) is 3.19. The van der Waals surface area contributed by atoms with E-state index in [9.17, 15) is 9.59 Å². The molecule has 6 heteroatoms. The van der Waals surface area contributed by atoms with Gasteiger partial charge in [-0.05, 0) is 30.2 Å². The Bertz CT molecular complexity index is 1040. The van der Waals surface area contributed by atoms with Gasteiger partial charge in [-0.1, -0.05) is 24.3 Å². The zero-order chi connectivity index (χ0) is 19.6. The van der Waals surface area contributed by atoms with Crippen molar-refractivity contribution < 1.29 is 13.9 Å². The summed E-state index contributed by atoms with van der Waals surface area (Å²) in [6.45, 7) is 2.16. The molecule has 27 heavy (non-hydrogen) atoms. The van der Waals surface area contributed by atoms with Crippen molar-refractivity contribution in [2.75, 3.05) is 25.7 Å². The largest absolute Gasteiger partial charge is 0.423 e. The number of nitrogens with two attached hydrogens (primary N) is 1. The number of carbonyl (C=O) groups is 1. The van der Waals surface area contributed by atoms with Crippen LogP contribution in [0.4, 0.5) is 5.69 Å². The minimum Gasteiger partial charge on any atom is -0.423 e. The highest BCUT2D eigenvalue weighted by Crippen LogP contribution is 2.31. The molecule has 0 spiro atoms. The molecule has 0 aliphatic heterocycles. The van der Waals surface area contributed by atoms with Crippen molar-refractivity contribution in [1.82, 2.24) is 0 Å². The molecule has 3 aromatic rings. The van der Waals surface area contributed by atoms with Crippen LogP contribution in [0.2, 0.25) is 0 Å². The lowest BCUT2D eigenvalue weighted by atomic mass is 9.98. The molecule has 0 saturated heterocycles. The highest BCUT2D eigenvalue weighted by Gasteiger charge is 2.22. The van der Waals surface area contributed by atoms with Crippen LogP contribution in [0.1, 0.15) is 5.56 Å². The van der Waals surface area contributed by atoms with E-state index >= 15 is 0 Å². The number of amides is 1. The summed E-state index contributed by atoms with van der Waals surface area (Å²) in [5.74, 6) is -0.491. The highest BCUT2D eigenvalue weighted by atomic mass is 16.5. The van der Waals surface area contributed by atoms with Gasteiger partial charge < -0.3 is 19.8 Å². The molecule has 1 atom stereocenters. The van der Waals surface area contributed by atoms with Gasteiger partial charge in [0.2, 0.25) is 5.91 Å². The first-order chi connectivity index (χ1) is 12.9. The number of likely N-dealkylation sites (N-methyl/N-ethyl adjacent to an activating group) is 1. The van der Waals surface area contributed by atoms with E-state index in [0.717, 1.165) is 22.1 Å². The van der Waals surface area contributed by atoms with E-state index in [4.69, 9.17) is 14.9 Å². The second-order valence-corrected chi connectivity index (χ2v) is 6.46. The summed E-state index contributed by atoms with van der Waals surface area (Å²) in [6.07, 6.45) is 0. The molecular formula is C21H22N2O4. The number of nitrogens with zero attached hydrogens (tertiary/aromatic N) is 1. The maximum Gasteiger partial charge on any atom is 0.336 e. The molecule has 2 N–H and O–H groups in total. The zero-order valence-electron chi connectivity index (χ0n) is 15.6. The van der Waals surface area contributed by atoms with Gasteiger partial charge in [0, 0.05) is 42.9 Å². The third-order valence-electron chi connectivity index (χ3n) is 4.69. The molecule has 1 aromatic heterocycles. The second kappa shape index (κ2) is 7.63. The van der Waals surface area contributed by atoms with Crippen LogP contribution in [0.25, 0.3) is 22.1 Å². The van der Waals surface area contributed by atoms with Crippen LogP contribution in [0, 0.1) is 6.92 Å². The minimum atomic E-state index is -0.626. The second-order valence-electron chi connectivity index (χ2n) is 6.46. The lowest BCUT2D eigenvalue weighted by Gasteiger charge is -2.27. The standard InChI is InChI=1S/C21H22N2O4/c1-13-6-4-5-7-15(13)17-11-20(24)27-19-10-14(8-9-16(17)19)23(2)18(12-26-3)21(22)25/h4-11,18H,12H2,1-3H3,(H2,22,25)/t18-/m1/s1. The van der Waals surface area contributed by atoms with Crippen LogP contribution in [0.5, 0.6) is 0 Å². The van der Waals surface area contributed by atoms with Crippen LogP contribution in [-0.4, -0.2) is 32.7 Å². The van der Waals surface area contributed by atoms with Crippen LogP contribution in [-0.2, 0) is 9.53 Å². The number of hydrogen-bond donors (Lipinski definition) is 1. The number of aryl methyl sites for hydroxylation is 1. The Labute approximate surface area is 157 Å². The number of methoxy groups -OCH3 is 1. The van der Waals surface area contributed by atoms with E-state index in [2.05, 4.69) is 0 Å². The molecule has 6 nitrogen and oxygen atoms in total. The van der Waals surface area contributed by atoms with Gasteiger partial charge in [-0.3, -0.25) is 4.79 Å². The van der Waals surface area contributed by atoms with E-state index in [1.807, 2.05) is 43.3 Å². The molecule has 0 aliphatic carbocycles. The molecule has 0 saturated carbocycles. The molecule has 0 unspecified atom stereocenters. The van der Waals surface area contributed by atoms with Gasteiger partial charge in [-0.15, -0.1) is 0 Å². The number of rotatable bonds is 6. The van der Waals surface area contributed by atoms with E-state index in [1.54, 1.807) is 18.0 Å². The van der Waals surface area contributed by atoms with Crippen molar-refractivity contribution in [3.63, 3.8) is 0 Å². The van der Waals surface area contributed by atoms with E-state index in [-0.39, 0.29) is 6.61 Å². The van der Waals surface area contributed by atoms with Crippen molar-refractivity contribution >= 4 is 22.6 Å². The summed E-state index contributed by atoms with van der Waals surface area (Å²) in [6, 6.07) is 14.2. The van der Waals surface area contributed by atoms with Crippen molar-refractivity contribution in [2.45, 2.75) is 13.0 Å². The molecule has 2 aromatic carbocycles. The summed E-state index contributed by atoms with van der Waals surface area (Å²) in [5, 5.41) is 0.823. The number of fused-ring (bicyclic) bond motifs is 1. The predicted molar refractivity (Wildman–Crippen MR) is 106 cm³/mol. The lowest BCUT2D eigenvalue weighted by molar-refractivity contribution is -0.120. The van der Waals surface area contributed by atoms with E-state index in [1.165, 1.54) is 13.2 Å². The Morgan fingerprint density at radius 1 is 1.19 bits per heavy atom. The summed E-state index contributed by atoms with van der Waals surface area (Å²) in [7, 11) is 3.26. The molecule has 140 valence electrons. The quantitative estimate of drug-likeness (QED) is 0.678. The van der Waals surface area contributed by atoms with Gasteiger partial charge in [0.15, 0.2) is 0 Å². The minimum absolute atomic E-state index is 0.164. The molecule has 0 bridgehead atoms. The summed E-state index contributed by atoms with van der Waals surface area (Å²) in [4.78, 5) is 25.6. The first kappa shape index (κ1) is 18.7. The van der Waals surface area contributed by atoms with Crippen molar-refractivity contribution in [2.24, 2.45) is 5.73 Å². The Balaban J connectivity index is 2.13. The fourth-order valence-corrected chi connectivity index (χ4v) is 3.19. The number of primary amides is 1. The number of benzene rings is 2. The van der Waals surface area contributed by atoms with Crippen LogP contribution < -0.4 is 16.3 Å². The van der Waals surface area contributed by atoms with Crippen molar-refractivity contribution in [3.05, 3.63) is 64.5 Å². The van der Waals surface area contributed by atoms with Crippen molar-refractivity contribution in [1.29, 1.82) is 0 Å². The Kier molecular flexibility index (Phi) is 5.28. The van der Waals surface area contributed by atoms with Gasteiger partial charge in [0.05, 0.1) is 6.61 Å². The number of ether oxygens (including phenoxy) is 1. The molecule has 1 heterocycles. The SMILES string of the molecule is COC[C@H](C(N)=O)N(C)c1ccc2c(-c3ccccc3C)cc(=O)oc2c1. The molecule has 3 rings (SSSR count). The molecular weight excluding hydrogens is 344 g/mol. The third kappa shape index (κ3) is 3.71. The molecule has 1 amide bonds. The predicted octanol–water partition coefficient (Wildman–Crippen LogP) is 2.70. The monoisotopic (exact) mass is 366 g/mol. The smallest absolute Gasteiger partial charge is 0.336 e. The van der Waals surface area contributed by atoms with E-state index < -0.39 is 17.6 Å². The van der Waals surface area contributed by atoms with Crippen molar-refractivity contribution in [3.8, 4) is 11.1 Å².